The van der Waals surface area contributed by atoms with Crippen molar-refractivity contribution in [2.75, 3.05) is 12.4 Å². The van der Waals surface area contributed by atoms with Gasteiger partial charge >= 0.3 is 5.97 Å². The highest BCUT2D eigenvalue weighted by Crippen LogP contribution is 2.32. The molecular weight excluding hydrogens is 374 g/mol. The van der Waals surface area contributed by atoms with Crippen LogP contribution in [-0.2, 0) is 24.1 Å². The summed E-state index contributed by atoms with van der Waals surface area (Å²) in [5, 5.41) is 14.2. The zero-order chi connectivity index (χ0) is 20.1. The van der Waals surface area contributed by atoms with E-state index in [2.05, 4.69) is 19.2 Å². The maximum atomic E-state index is 10.9. The first kappa shape index (κ1) is 19.8. The van der Waals surface area contributed by atoms with Gasteiger partial charge in [0.1, 0.15) is 11.6 Å². The van der Waals surface area contributed by atoms with Gasteiger partial charge in [-0.1, -0.05) is 26.0 Å². The second kappa shape index (κ2) is 8.84. The van der Waals surface area contributed by atoms with Crippen LogP contribution in [0, 0.1) is 0 Å². The van der Waals surface area contributed by atoms with Crippen LogP contribution < -0.4 is 10.1 Å². The van der Waals surface area contributed by atoms with E-state index in [-0.39, 0.29) is 6.42 Å². The molecule has 2 aromatic heterocycles. The van der Waals surface area contributed by atoms with Crippen molar-refractivity contribution < 1.29 is 14.6 Å². The molecule has 0 aliphatic rings. The summed E-state index contributed by atoms with van der Waals surface area (Å²) in [7, 11) is 1.64. The SMILES string of the molecule is CCc1nc(-c2cc(OC)cs2)nc(Nc2ccc(CC(=O)O)cc2)c1CC. The highest BCUT2D eigenvalue weighted by Gasteiger charge is 2.15. The predicted octanol–water partition coefficient (Wildman–Crippen LogP) is 4.71. The molecule has 2 heterocycles. The van der Waals surface area contributed by atoms with Crippen LogP contribution in [0.2, 0.25) is 0 Å². The van der Waals surface area contributed by atoms with Crippen molar-refractivity contribution in [2.45, 2.75) is 33.1 Å². The highest BCUT2D eigenvalue weighted by molar-refractivity contribution is 7.13. The fourth-order valence-corrected chi connectivity index (χ4v) is 3.76. The Bertz CT molecular complexity index is 968. The van der Waals surface area contributed by atoms with Crippen LogP contribution in [0.3, 0.4) is 0 Å². The van der Waals surface area contributed by atoms with Crippen LogP contribution in [0.5, 0.6) is 5.75 Å². The molecule has 0 bridgehead atoms. The zero-order valence-electron chi connectivity index (χ0n) is 16.2. The van der Waals surface area contributed by atoms with Gasteiger partial charge in [-0.2, -0.15) is 0 Å². The standard InChI is InChI=1S/C21H23N3O3S/c1-4-16-17(5-2)23-21(18-11-15(27-3)12-28-18)24-20(16)22-14-8-6-13(7-9-14)10-19(25)26/h6-9,11-12H,4-5,10H2,1-3H3,(H,25,26)(H,22,23,24). The van der Waals surface area contributed by atoms with Crippen molar-refractivity contribution in [1.82, 2.24) is 9.97 Å². The number of aromatic nitrogens is 2. The van der Waals surface area contributed by atoms with E-state index in [1.165, 1.54) is 0 Å². The van der Waals surface area contributed by atoms with E-state index in [9.17, 15) is 4.79 Å². The number of ether oxygens (including phenoxy) is 1. The van der Waals surface area contributed by atoms with Gasteiger partial charge in [-0.25, -0.2) is 9.97 Å². The molecule has 0 fully saturated rings. The monoisotopic (exact) mass is 397 g/mol. The molecule has 0 saturated heterocycles. The molecule has 2 N–H and O–H groups in total. The fourth-order valence-electron chi connectivity index (χ4n) is 2.97. The maximum absolute atomic E-state index is 10.9. The van der Waals surface area contributed by atoms with Crippen LogP contribution in [0.15, 0.2) is 35.7 Å². The number of anilines is 2. The number of methoxy groups -OCH3 is 1. The predicted molar refractivity (Wildman–Crippen MR) is 112 cm³/mol. The summed E-state index contributed by atoms with van der Waals surface area (Å²) in [5.41, 5.74) is 3.73. The first-order valence-electron chi connectivity index (χ1n) is 9.14. The molecule has 0 unspecified atom stereocenters. The second-order valence-corrected chi connectivity index (χ2v) is 7.18. The van der Waals surface area contributed by atoms with Crippen molar-refractivity contribution in [3.05, 3.63) is 52.5 Å². The van der Waals surface area contributed by atoms with Crippen LogP contribution in [0.4, 0.5) is 11.5 Å². The lowest BCUT2D eigenvalue weighted by Crippen LogP contribution is -2.07. The van der Waals surface area contributed by atoms with Crippen molar-refractivity contribution in [1.29, 1.82) is 0 Å². The number of aliphatic carboxylic acids is 1. The molecule has 0 aliphatic carbocycles. The molecule has 0 saturated carbocycles. The zero-order valence-corrected chi connectivity index (χ0v) is 17.0. The third-order valence-electron chi connectivity index (χ3n) is 4.38. The number of rotatable bonds is 8. The number of nitrogens with zero attached hydrogens (tertiary/aromatic N) is 2. The Morgan fingerprint density at radius 1 is 1.18 bits per heavy atom. The molecular formula is C21H23N3O3S. The summed E-state index contributed by atoms with van der Waals surface area (Å²) < 4.78 is 5.28. The molecule has 7 heteroatoms. The summed E-state index contributed by atoms with van der Waals surface area (Å²) in [4.78, 5) is 21.3. The van der Waals surface area contributed by atoms with Gasteiger partial charge in [-0.05, 0) is 30.5 Å². The lowest BCUT2D eigenvalue weighted by molar-refractivity contribution is -0.136. The largest absolute Gasteiger partial charge is 0.496 e. The Balaban J connectivity index is 1.96. The van der Waals surface area contributed by atoms with E-state index in [1.807, 2.05) is 35.7 Å². The minimum atomic E-state index is -0.839. The number of carboxylic acids is 1. The van der Waals surface area contributed by atoms with Crippen LogP contribution in [-0.4, -0.2) is 28.2 Å². The van der Waals surface area contributed by atoms with E-state index >= 15 is 0 Å². The molecule has 3 rings (SSSR count). The molecule has 28 heavy (non-hydrogen) atoms. The minimum Gasteiger partial charge on any atom is -0.496 e. The van der Waals surface area contributed by atoms with E-state index in [1.54, 1.807) is 18.4 Å². The van der Waals surface area contributed by atoms with Gasteiger partial charge in [0.15, 0.2) is 5.82 Å². The van der Waals surface area contributed by atoms with Gasteiger partial charge in [0, 0.05) is 28.4 Å². The number of nitrogens with one attached hydrogen (secondary N) is 1. The van der Waals surface area contributed by atoms with Crippen molar-refractivity contribution >= 4 is 28.8 Å². The number of carbonyl (C=O) groups is 1. The molecule has 0 atom stereocenters. The molecule has 0 aliphatic heterocycles. The topological polar surface area (TPSA) is 84.3 Å². The summed E-state index contributed by atoms with van der Waals surface area (Å²) >= 11 is 1.55. The van der Waals surface area contributed by atoms with Crippen molar-refractivity contribution in [3.63, 3.8) is 0 Å². The number of carboxylic acid groups (broad SMARTS) is 1. The number of aryl methyl sites for hydroxylation is 1. The van der Waals surface area contributed by atoms with E-state index in [0.717, 1.165) is 51.8 Å². The summed E-state index contributed by atoms with van der Waals surface area (Å²) in [5.74, 6) is 1.41. The summed E-state index contributed by atoms with van der Waals surface area (Å²) in [6.07, 6.45) is 1.64. The molecule has 0 spiro atoms. The van der Waals surface area contributed by atoms with Crippen LogP contribution in [0.25, 0.3) is 10.7 Å². The molecule has 146 valence electrons. The van der Waals surface area contributed by atoms with Gasteiger partial charge in [0.25, 0.3) is 0 Å². The molecule has 6 nitrogen and oxygen atoms in total. The Labute approximate surface area is 168 Å². The Kier molecular flexibility index (Phi) is 6.26. The number of hydrogen-bond acceptors (Lipinski definition) is 6. The fraction of sp³-hybridized carbons (Fsp3) is 0.286. The molecule has 0 radical (unpaired) electrons. The van der Waals surface area contributed by atoms with Gasteiger partial charge < -0.3 is 15.2 Å². The Morgan fingerprint density at radius 2 is 1.93 bits per heavy atom. The lowest BCUT2D eigenvalue weighted by Gasteiger charge is -2.15. The normalized spacial score (nSPS) is 10.7. The van der Waals surface area contributed by atoms with E-state index < -0.39 is 5.97 Å². The van der Waals surface area contributed by atoms with E-state index in [4.69, 9.17) is 19.8 Å². The molecule has 0 amide bonds. The van der Waals surface area contributed by atoms with Gasteiger partial charge in [0.05, 0.1) is 18.4 Å². The smallest absolute Gasteiger partial charge is 0.307 e. The maximum Gasteiger partial charge on any atom is 0.307 e. The Hall–Kier alpha value is -2.93. The first-order chi connectivity index (χ1) is 13.5. The Morgan fingerprint density at radius 3 is 2.50 bits per heavy atom. The minimum absolute atomic E-state index is 0.0122. The number of benzene rings is 1. The molecule has 1 aromatic carbocycles. The third kappa shape index (κ3) is 4.48. The van der Waals surface area contributed by atoms with E-state index in [0.29, 0.717) is 5.82 Å². The van der Waals surface area contributed by atoms with Crippen molar-refractivity contribution in [3.8, 4) is 16.5 Å². The highest BCUT2D eigenvalue weighted by atomic mass is 32.1. The summed E-state index contributed by atoms with van der Waals surface area (Å²) in [6, 6.07) is 9.32. The number of hydrogen-bond donors (Lipinski definition) is 2. The second-order valence-electron chi connectivity index (χ2n) is 6.27. The molecule has 3 aromatic rings. The average molecular weight is 398 g/mol. The summed E-state index contributed by atoms with van der Waals surface area (Å²) in [6.45, 7) is 4.18. The van der Waals surface area contributed by atoms with Crippen LogP contribution in [0.1, 0.15) is 30.7 Å². The number of thiophene rings is 1. The van der Waals surface area contributed by atoms with Crippen molar-refractivity contribution in [2.24, 2.45) is 0 Å². The average Bonchev–Trinajstić information content (AvgIpc) is 3.17. The first-order valence-corrected chi connectivity index (χ1v) is 10.0. The lowest BCUT2D eigenvalue weighted by atomic mass is 10.1. The quantitative estimate of drug-likeness (QED) is 0.573. The van der Waals surface area contributed by atoms with Gasteiger partial charge in [-0.15, -0.1) is 11.3 Å². The van der Waals surface area contributed by atoms with Gasteiger partial charge in [-0.3, -0.25) is 4.79 Å². The van der Waals surface area contributed by atoms with Gasteiger partial charge in [0.2, 0.25) is 0 Å². The van der Waals surface area contributed by atoms with Crippen LogP contribution >= 0.6 is 11.3 Å². The third-order valence-corrected chi connectivity index (χ3v) is 5.29.